The molecule has 0 spiro atoms. The van der Waals surface area contributed by atoms with Crippen LogP contribution in [-0.4, -0.2) is 26.3 Å². The predicted octanol–water partition coefficient (Wildman–Crippen LogP) is 6.84. The van der Waals surface area contributed by atoms with Crippen molar-refractivity contribution in [2.45, 2.75) is 53.0 Å². The number of hydrogen-bond acceptors (Lipinski definition) is 5. The topological polar surface area (TPSA) is 72.2 Å². The molecule has 0 aliphatic rings. The molecular weight excluding hydrogens is 515 g/mol. The van der Waals surface area contributed by atoms with Crippen LogP contribution in [0.4, 0.5) is 19.0 Å². The van der Waals surface area contributed by atoms with E-state index in [9.17, 15) is 9.18 Å². The smallest absolute Gasteiger partial charge is 0.273 e. The maximum atomic E-state index is 15.7. The van der Waals surface area contributed by atoms with Gasteiger partial charge in [-0.1, -0.05) is 24.6 Å². The van der Waals surface area contributed by atoms with Crippen LogP contribution in [0.15, 0.2) is 64.7 Å². The Balaban J connectivity index is 2.04. The van der Waals surface area contributed by atoms with E-state index in [0.717, 1.165) is 17.0 Å². The summed E-state index contributed by atoms with van der Waals surface area (Å²) in [4.78, 5) is 25.1. The highest BCUT2D eigenvalue weighted by Gasteiger charge is 2.21. The first-order valence-electron chi connectivity index (χ1n) is 12.0. The van der Waals surface area contributed by atoms with E-state index in [1.165, 1.54) is 24.5 Å². The van der Waals surface area contributed by atoms with Crippen molar-refractivity contribution in [1.82, 2.24) is 14.5 Å². The monoisotopic (exact) mass is 543 g/mol. The predicted molar refractivity (Wildman–Crippen MR) is 146 cm³/mol. The Kier molecular flexibility index (Phi) is 9.63. The Bertz CT molecular complexity index is 1460. The standard InChI is InChI=1S/C28H29ClF3N5O/c1-6-8-34-26(21-7-9-35-27(25(21)32)36-16(2)3)23(31)15-37-18(5)11-22(24(29)28(37)38)17(4)10-19-12-20(30)14-33-13-19/h6-9,11-17H,10H2,1-5H3,(H,35,36)/b8-6+,23-15-,34-26+. The van der Waals surface area contributed by atoms with Gasteiger partial charge in [-0.05, 0) is 69.4 Å². The van der Waals surface area contributed by atoms with E-state index < -0.39 is 23.0 Å². The molecule has 10 heteroatoms. The summed E-state index contributed by atoms with van der Waals surface area (Å²) in [6.45, 7) is 8.80. The highest BCUT2D eigenvalue weighted by atomic mass is 35.5. The lowest BCUT2D eigenvalue weighted by Crippen LogP contribution is -2.22. The average Bonchev–Trinajstić information content (AvgIpc) is 2.86. The van der Waals surface area contributed by atoms with Gasteiger partial charge in [0.2, 0.25) is 0 Å². The van der Waals surface area contributed by atoms with Crippen LogP contribution in [0, 0.1) is 18.6 Å². The van der Waals surface area contributed by atoms with Gasteiger partial charge in [-0.15, -0.1) is 0 Å². The molecule has 38 heavy (non-hydrogen) atoms. The second-order valence-corrected chi connectivity index (χ2v) is 9.48. The molecule has 0 saturated carbocycles. The molecule has 1 unspecified atom stereocenters. The van der Waals surface area contributed by atoms with Gasteiger partial charge in [-0.25, -0.2) is 18.2 Å². The number of allylic oxidation sites excluding steroid dienone is 2. The van der Waals surface area contributed by atoms with E-state index in [1.54, 1.807) is 32.2 Å². The van der Waals surface area contributed by atoms with Gasteiger partial charge in [0.25, 0.3) is 5.56 Å². The highest BCUT2D eigenvalue weighted by molar-refractivity contribution is 6.31. The number of aryl methyl sites for hydroxylation is 1. The molecule has 0 bridgehead atoms. The quantitative estimate of drug-likeness (QED) is 0.300. The Morgan fingerprint density at radius 2 is 1.97 bits per heavy atom. The molecule has 3 aromatic heterocycles. The van der Waals surface area contributed by atoms with Crippen LogP contribution in [0.5, 0.6) is 0 Å². The first kappa shape index (κ1) is 28.8. The maximum absolute atomic E-state index is 15.7. The van der Waals surface area contributed by atoms with E-state index in [0.29, 0.717) is 23.2 Å². The average molecular weight is 544 g/mol. The third-order valence-corrected chi connectivity index (χ3v) is 6.01. The van der Waals surface area contributed by atoms with Gasteiger partial charge in [-0.3, -0.25) is 19.3 Å². The summed E-state index contributed by atoms with van der Waals surface area (Å²) in [5, 5.41) is 2.78. The zero-order valence-electron chi connectivity index (χ0n) is 21.8. The van der Waals surface area contributed by atoms with Crippen LogP contribution in [0.2, 0.25) is 5.02 Å². The lowest BCUT2D eigenvalue weighted by molar-refractivity contribution is 0.615. The summed E-state index contributed by atoms with van der Waals surface area (Å²) in [5.74, 6) is -2.46. The molecule has 0 amide bonds. The van der Waals surface area contributed by atoms with Crippen molar-refractivity contribution in [3.8, 4) is 0 Å². The lowest BCUT2D eigenvalue weighted by Gasteiger charge is -2.17. The van der Waals surface area contributed by atoms with Crippen LogP contribution >= 0.6 is 11.6 Å². The summed E-state index contributed by atoms with van der Waals surface area (Å²) in [5.41, 5.74) is 0.502. The Morgan fingerprint density at radius 3 is 2.63 bits per heavy atom. The Hall–Kier alpha value is -3.72. The van der Waals surface area contributed by atoms with E-state index in [-0.39, 0.29) is 34.1 Å². The molecule has 3 rings (SSSR count). The molecule has 3 heterocycles. The van der Waals surface area contributed by atoms with Crippen molar-refractivity contribution in [2.24, 2.45) is 4.99 Å². The van der Waals surface area contributed by atoms with Gasteiger partial charge in [0.15, 0.2) is 17.5 Å². The minimum absolute atomic E-state index is 0.0401. The van der Waals surface area contributed by atoms with Gasteiger partial charge in [-0.2, -0.15) is 0 Å². The largest absolute Gasteiger partial charge is 0.365 e. The molecule has 0 aromatic carbocycles. The first-order chi connectivity index (χ1) is 18.0. The fraction of sp³-hybridized carbons (Fsp3) is 0.286. The second kappa shape index (κ2) is 12.7. The van der Waals surface area contributed by atoms with Crippen LogP contribution in [0.25, 0.3) is 6.20 Å². The Morgan fingerprint density at radius 1 is 1.24 bits per heavy atom. The SMILES string of the molecule is C/C=C/N=C(/C(F)=C/n1c(C)cc(C(C)Cc2cncc(F)c2)c(Cl)c1=O)c1ccnc(NC(C)C)c1F. The fourth-order valence-corrected chi connectivity index (χ4v) is 4.21. The number of nitrogens with zero attached hydrogens (tertiary/aromatic N) is 4. The van der Waals surface area contributed by atoms with E-state index >= 15 is 8.78 Å². The number of hydrogen-bond donors (Lipinski definition) is 1. The van der Waals surface area contributed by atoms with Crippen LogP contribution in [0.1, 0.15) is 56.0 Å². The molecule has 0 fully saturated rings. The minimum atomic E-state index is -0.948. The number of pyridine rings is 3. The summed E-state index contributed by atoms with van der Waals surface area (Å²) >= 11 is 6.43. The van der Waals surface area contributed by atoms with E-state index in [4.69, 9.17) is 11.6 Å². The summed E-state index contributed by atoms with van der Waals surface area (Å²) in [6.07, 6.45) is 8.23. The number of rotatable bonds is 9. The van der Waals surface area contributed by atoms with Gasteiger partial charge >= 0.3 is 0 Å². The van der Waals surface area contributed by atoms with Crippen molar-refractivity contribution in [1.29, 1.82) is 0 Å². The van der Waals surface area contributed by atoms with Crippen molar-refractivity contribution >= 4 is 29.3 Å². The van der Waals surface area contributed by atoms with Crippen LogP contribution in [0.3, 0.4) is 0 Å². The molecule has 0 aliphatic carbocycles. The molecule has 0 radical (unpaired) electrons. The molecule has 0 saturated heterocycles. The molecule has 200 valence electrons. The molecule has 0 aliphatic heterocycles. The van der Waals surface area contributed by atoms with E-state index in [2.05, 4.69) is 20.3 Å². The van der Waals surface area contributed by atoms with Crippen molar-refractivity contribution in [3.05, 3.63) is 104 Å². The van der Waals surface area contributed by atoms with Gasteiger partial charge in [0.05, 0.1) is 12.4 Å². The third-order valence-electron chi connectivity index (χ3n) is 5.63. The highest BCUT2D eigenvalue weighted by Crippen LogP contribution is 2.27. The van der Waals surface area contributed by atoms with Gasteiger partial charge in [0, 0.05) is 35.9 Å². The molecule has 3 aromatic rings. The zero-order chi connectivity index (χ0) is 28.0. The first-order valence-corrected chi connectivity index (χ1v) is 12.4. The number of anilines is 1. The summed E-state index contributed by atoms with van der Waals surface area (Å²) in [7, 11) is 0. The van der Waals surface area contributed by atoms with Gasteiger partial charge in [0.1, 0.15) is 16.6 Å². The lowest BCUT2D eigenvalue weighted by atomic mass is 9.94. The van der Waals surface area contributed by atoms with Crippen molar-refractivity contribution in [2.75, 3.05) is 5.32 Å². The second-order valence-electron chi connectivity index (χ2n) is 9.10. The zero-order valence-corrected chi connectivity index (χ0v) is 22.5. The molecule has 6 nitrogen and oxygen atoms in total. The van der Waals surface area contributed by atoms with Crippen LogP contribution in [-0.2, 0) is 6.42 Å². The summed E-state index contributed by atoms with van der Waals surface area (Å²) < 4.78 is 45.5. The fourth-order valence-electron chi connectivity index (χ4n) is 3.88. The van der Waals surface area contributed by atoms with Gasteiger partial charge < -0.3 is 5.32 Å². The van der Waals surface area contributed by atoms with Crippen LogP contribution < -0.4 is 10.9 Å². The number of aromatic nitrogens is 3. The molecule has 1 N–H and O–H groups in total. The molecular formula is C28H29ClF3N5O. The number of aliphatic imine (C=N–C) groups is 1. The maximum Gasteiger partial charge on any atom is 0.273 e. The van der Waals surface area contributed by atoms with Crippen molar-refractivity contribution in [3.63, 3.8) is 0 Å². The van der Waals surface area contributed by atoms with Crippen molar-refractivity contribution < 1.29 is 13.2 Å². The minimum Gasteiger partial charge on any atom is -0.365 e. The van der Waals surface area contributed by atoms with E-state index in [1.807, 2.05) is 20.8 Å². The number of nitrogens with one attached hydrogen (secondary N) is 1. The third kappa shape index (κ3) is 6.77. The Labute approximate surface area is 224 Å². The molecule has 1 atom stereocenters. The number of halogens is 4. The summed E-state index contributed by atoms with van der Waals surface area (Å²) in [6, 6.07) is 4.25. The normalized spacial score (nSPS) is 13.4.